The summed E-state index contributed by atoms with van der Waals surface area (Å²) < 4.78 is 10.0. The molecule has 2 rings (SSSR count). The van der Waals surface area contributed by atoms with Crippen molar-refractivity contribution in [2.75, 3.05) is 13.4 Å². The molecule has 0 saturated heterocycles. The van der Waals surface area contributed by atoms with Gasteiger partial charge in [-0.05, 0) is 31.2 Å². The molecule has 2 N–H and O–H groups in total. The van der Waals surface area contributed by atoms with Gasteiger partial charge in [-0.15, -0.1) is 6.42 Å². The second kappa shape index (κ2) is 9.25. The molecule has 1 atom stereocenters. The molecule has 130 valence electrons. The molecule has 2 aromatic rings. The number of carbonyl (C=O) groups is 2. The van der Waals surface area contributed by atoms with Gasteiger partial charge in [0.15, 0.2) is 6.79 Å². The molecule has 7 nitrogen and oxygen atoms in total. The summed E-state index contributed by atoms with van der Waals surface area (Å²) in [6.07, 6.45) is 8.60. The second-order valence-electron chi connectivity index (χ2n) is 5.10. The van der Waals surface area contributed by atoms with Crippen LogP contribution in [0.1, 0.15) is 28.5 Å². The highest BCUT2D eigenvalue weighted by Crippen LogP contribution is 2.06. The number of amides is 1. The van der Waals surface area contributed by atoms with Gasteiger partial charge in [-0.25, -0.2) is 9.78 Å². The minimum Gasteiger partial charge on any atom is -0.437 e. The third-order valence-electron chi connectivity index (χ3n) is 3.37. The SMILES string of the molecule is C#Cc1ccc(C(=O)N[C@H](Cc2cnc[nH]2)C(=O)OCOCC)cc1. The lowest BCUT2D eigenvalue weighted by Crippen LogP contribution is -2.43. The molecule has 0 fully saturated rings. The summed E-state index contributed by atoms with van der Waals surface area (Å²) >= 11 is 0. The topological polar surface area (TPSA) is 93.3 Å². The number of H-pyrrole nitrogens is 1. The lowest BCUT2D eigenvalue weighted by Gasteiger charge is -2.17. The van der Waals surface area contributed by atoms with E-state index in [4.69, 9.17) is 15.9 Å². The van der Waals surface area contributed by atoms with Gasteiger partial charge in [-0.1, -0.05) is 5.92 Å². The highest BCUT2D eigenvalue weighted by atomic mass is 16.7. The molecule has 0 saturated carbocycles. The van der Waals surface area contributed by atoms with Crippen molar-refractivity contribution >= 4 is 11.9 Å². The van der Waals surface area contributed by atoms with Crippen LogP contribution in [-0.4, -0.2) is 41.3 Å². The number of imidazole rings is 1. The van der Waals surface area contributed by atoms with E-state index in [0.717, 1.165) is 0 Å². The number of nitrogens with zero attached hydrogens (tertiary/aromatic N) is 1. The quantitative estimate of drug-likeness (QED) is 0.326. The minimum absolute atomic E-state index is 0.165. The number of ether oxygens (including phenoxy) is 2. The first kappa shape index (κ1) is 18.2. The molecule has 1 heterocycles. The average molecular weight is 341 g/mol. The van der Waals surface area contributed by atoms with Gasteiger partial charge in [-0.2, -0.15) is 0 Å². The van der Waals surface area contributed by atoms with E-state index >= 15 is 0 Å². The number of rotatable bonds is 8. The lowest BCUT2D eigenvalue weighted by atomic mass is 10.1. The Morgan fingerprint density at radius 2 is 2.12 bits per heavy atom. The number of aromatic amines is 1. The van der Waals surface area contributed by atoms with Crippen molar-refractivity contribution in [3.63, 3.8) is 0 Å². The van der Waals surface area contributed by atoms with Gasteiger partial charge in [0.2, 0.25) is 0 Å². The summed E-state index contributed by atoms with van der Waals surface area (Å²) in [4.78, 5) is 31.4. The Morgan fingerprint density at radius 1 is 1.36 bits per heavy atom. The number of esters is 1. The van der Waals surface area contributed by atoms with Crippen molar-refractivity contribution in [3.8, 4) is 12.3 Å². The Labute approximate surface area is 145 Å². The van der Waals surface area contributed by atoms with Gasteiger partial charge in [0.25, 0.3) is 5.91 Å². The van der Waals surface area contributed by atoms with E-state index in [2.05, 4.69) is 21.2 Å². The van der Waals surface area contributed by atoms with Crippen molar-refractivity contribution < 1.29 is 19.1 Å². The van der Waals surface area contributed by atoms with E-state index in [1.54, 1.807) is 37.4 Å². The maximum absolute atomic E-state index is 12.4. The molecule has 0 bridgehead atoms. The number of hydrogen-bond donors (Lipinski definition) is 2. The molecule has 0 unspecified atom stereocenters. The fourth-order valence-electron chi connectivity index (χ4n) is 2.05. The van der Waals surface area contributed by atoms with E-state index in [1.807, 2.05) is 0 Å². The standard InChI is InChI=1S/C18H19N3O4/c1-3-13-5-7-14(8-6-13)17(22)21-16(9-15-10-19-11-20-15)18(23)25-12-24-4-2/h1,5-8,10-11,16H,4,9,12H2,2H3,(H,19,20)(H,21,22)/t16-/m1/s1. The molecule has 0 spiro atoms. The zero-order valence-electron chi connectivity index (χ0n) is 13.8. The number of aromatic nitrogens is 2. The van der Waals surface area contributed by atoms with Crippen LogP contribution >= 0.6 is 0 Å². The second-order valence-corrected chi connectivity index (χ2v) is 5.10. The normalized spacial score (nSPS) is 11.4. The first-order valence-corrected chi connectivity index (χ1v) is 7.73. The smallest absolute Gasteiger partial charge is 0.331 e. The molecule has 1 aromatic heterocycles. The lowest BCUT2D eigenvalue weighted by molar-refractivity contribution is -0.158. The Hall–Kier alpha value is -3.11. The summed E-state index contributed by atoms with van der Waals surface area (Å²) in [5, 5.41) is 2.67. The molecule has 0 aliphatic carbocycles. The summed E-state index contributed by atoms with van der Waals surface area (Å²) in [5.74, 6) is 1.49. The van der Waals surface area contributed by atoms with E-state index in [0.29, 0.717) is 23.4 Å². The van der Waals surface area contributed by atoms with Crippen molar-refractivity contribution in [3.05, 3.63) is 53.6 Å². The first-order valence-electron chi connectivity index (χ1n) is 7.73. The van der Waals surface area contributed by atoms with E-state index < -0.39 is 17.9 Å². The van der Waals surface area contributed by atoms with Crippen molar-refractivity contribution in [2.24, 2.45) is 0 Å². The van der Waals surface area contributed by atoms with Crippen LogP contribution in [0.4, 0.5) is 0 Å². The largest absolute Gasteiger partial charge is 0.437 e. The highest BCUT2D eigenvalue weighted by Gasteiger charge is 2.24. The van der Waals surface area contributed by atoms with Crippen LogP contribution in [0, 0.1) is 12.3 Å². The number of carbonyl (C=O) groups excluding carboxylic acids is 2. The molecule has 1 amide bonds. The zero-order valence-corrected chi connectivity index (χ0v) is 13.8. The van der Waals surface area contributed by atoms with Gasteiger partial charge in [0.05, 0.1) is 6.33 Å². The van der Waals surface area contributed by atoms with Gasteiger partial charge >= 0.3 is 5.97 Å². The number of nitrogens with one attached hydrogen (secondary N) is 2. The Balaban J connectivity index is 2.06. The molecule has 25 heavy (non-hydrogen) atoms. The van der Waals surface area contributed by atoms with E-state index in [9.17, 15) is 9.59 Å². The number of terminal acetylenes is 1. The predicted octanol–water partition coefficient (Wildman–Crippen LogP) is 1.27. The molecule has 0 aliphatic rings. The number of benzene rings is 1. The molecule has 0 radical (unpaired) electrons. The van der Waals surface area contributed by atoms with Crippen LogP contribution < -0.4 is 5.32 Å². The van der Waals surface area contributed by atoms with Gasteiger partial charge < -0.3 is 19.8 Å². The van der Waals surface area contributed by atoms with E-state index in [1.165, 1.54) is 6.33 Å². The zero-order chi connectivity index (χ0) is 18.1. The molecule has 0 aliphatic heterocycles. The minimum atomic E-state index is -0.874. The van der Waals surface area contributed by atoms with Gasteiger partial charge in [0, 0.05) is 36.0 Å². The summed E-state index contributed by atoms with van der Waals surface area (Å²) in [6, 6.07) is 5.64. The average Bonchev–Trinajstić information content (AvgIpc) is 3.14. The van der Waals surface area contributed by atoms with Gasteiger partial charge in [-0.3, -0.25) is 4.79 Å². The maximum Gasteiger partial charge on any atom is 0.331 e. The molecular weight excluding hydrogens is 322 g/mol. The van der Waals surface area contributed by atoms with Crippen molar-refractivity contribution in [1.82, 2.24) is 15.3 Å². The first-order chi connectivity index (χ1) is 12.1. The predicted molar refractivity (Wildman–Crippen MR) is 90.5 cm³/mol. The van der Waals surface area contributed by atoms with Crippen molar-refractivity contribution in [2.45, 2.75) is 19.4 Å². The van der Waals surface area contributed by atoms with Crippen molar-refractivity contribution in [1.29, 1.82) is 0 Å². The Morgan fingerprint density at radius 3 is 2.72 bits per heavy atom. The monoisotopic (exact) mass is 341 g/mol. The van der Waals surface area contributed by atoms with Crippen LogP contribution in [0.3, 0.4) is 0 Å². The molecule has 7 heteroatoms. The van der Waals surface area contributed by atoms with Crippen LogP contribution in [0.15, 0.2) is 36.8 Å². The van der Waals surface area contributed by atoms with Crippen LogP contribution in [0.5, 0.6) is 0 Å². The highest BCUT2D eigenvalue weighted by molar-refractivity contribution is 5.96. The summed E-state index contributed by atoms with van der Waals surface area (Å²) in [5.41, 5.74) is 1.76. The maximum atomic E-state index is 12.4. The van der Waals surface area contributed by atoms with Crippen LogP contribution in [-0.2, 0) is 20.7 Å². The third-order valence-corrected chi connectivity index (χ3v) is 3.37. The molecule has 1 aromatic carbocycles. The fraction of sp³-hybridized carbons (Fsp3) is 0.278. The summed E-state index contributed by atoms with van der Waals surface area (Å²) in [6.45, 7) is 2.05. The van der Waals surface area contributed by atoms with Crippen LogP contribution in [0.2, 0.25) is 0 Å². The van der Waals surface area contributed by atoms with Gasteiger partial charge in [0.1, 0.15) is 6.04 Å². The summed E-state index contributed by atoms with van der Waals surface area (Å²) in [7, 11) is 0. The molecular formula is C18H19N3O4. The Bertz CT molecular complexity index is 733. The van der Waals surface area contributed by atoms with E-state index in [-0.39, 0.29) is 13.2 Å². The Kier molecular flexibility index (Phi) is 6.75. The van der Waals surface area contributed by atoms with Crippen LogP contribution in [0.25, 0.3) is 0 Å². The fourth-order valence-corrected chi connectivity index (χ4v) is 2.05. The third kappa shape index (κ3) is 5.48. The number of hydrogen-bond acceptors (Lipinski definition) is 5.